The normalized spacial score (nSPS) is 18.6. The zero-order valence-corrected chi connectivity index (χ0v) is 9.64. The Hall–Kier alpha value is -2.04. The van der Waals surface area contributed by atoms with Crippen molar-refractivity contribution < 1.29 is 19.4 Å². The number of ether oxygens (including phenoxy) is 1. The highest BCUT2D eigenvalue weighted by Crippen LogP contribution is 2.34. The molecule has 1 unspecified atom stereocenters. The molecule has 2 rings (SSSR count). The van der Waals surface area contributed by atoms with E-state index in [1.807, 2.05) is 13.0 Å². The molecule has 0 aromatic heterocycles. The van der Waals surface area contributed by atoms with E-state index in [1.54, 1.807) is 19.1 Å². The minimum absolute atomic E-state index is 0.330. The van der Waals surface area contributed by atoms with Gasteiger partial charge in [0.2, 0.25) is 0 Å². The van der Waals surface area contributed by atoms with Crippen molar-refractivity contribution in [2.75, 3.05) is 11.4 Å². The lowest BCUT2D eigenvalue weighted by atomic mass is 10.1. The summed E-state index contributed by atoms with van der Waals surface area (Å²) in [7, 11) is 0. The van der Waals surface area contributed by atoms with Gasteiger partial charge < -0.3 is 9.84 Å². The third-order valence-corrected chi connectivity index (χ3v) is 2.62. The van der Waals surface area contributed by atoms with Crippen molar-refractivity contribution in [3.05, 3.63) is 23.8 Å². The van der Waals surface area contributed by atoms with Gasteiger partial charge in [0.25, 0.3) is 5.91 Å². The lowest BCUT2D eigenvalue weighted by molar-refractivity contribution is -0.137. The summed E-state index contributed by atoms with van der Waals surface area (Å²) >= 11 is 0. The van der Waals surface area contributed by atoms with E-state index >= 15 is 0 Å². The van der Waals surface area contributed by atoms with E-state index in [0.29, 0.717) is 11.4 Å². The van der Waals surface area contributed by atoms with Crippen LogP contribution in [0.2, 0.25) is 0 Å². The van der Waals surface area contributed by atoms with Gasteiger partial charge in [-0.05, 0) is 31.5 Å². The first kappa shape index (κ1) is 11.4. The van der Waals surface area contributed by atoms with E-state index in [2.05, 4.69) is 0 Å². The first-order valence-corrected chi connectivity index (χ1v) is 5.29. The third kappa shape index (κ3) is 2.08. The monoisotopic (exact) mass is 235 g/mol. The molecule has 1 N–H and O–H groups in total. The molecule has 1 heterocycles. The Balaban J connectivity index is 2.45. The first-order chi connectivity index (χ1) is 7.99. The summed E-state index contributed by atoms with van der Waals surface area (Å²) in [5.74, 6) is -0.818. The number of hydrogen-bond donors (Lipinski definition) is 1. The van der Waals surface area contributed by atoms with Crippen molar-refractivity contribution in [3.63, 3.8) is 0 Å². The highest BCUT2D eigenvalue weighted by molar-refractivity contribution is 6.02. The van der Waals surface area contributed by atoms with E-state index < -0.39 is 12.1 Å². The van der Waals surface area contributed by atoms with Gasteiger partial charge in [0.1, 0.15) is 12.3 Å². The molecular formula is C12H13NO4. The second-order valence-corrected chi connectivity index (χ2v) is 4.05. The Morgan fingerprint density at radius 1 is 1.53 bits per heavy atom. The molecule has 1 aromatic carbocycles. The zero-order chi connectivity index (χ0) is 12.6. The van der Waals surface area contributed by atoms with E-state index in [-0.39, 0.29) is 12.5 Å². The maximum absolute atomic E-state index is 11.8. The lowest BCUT2D eigenvalue weighted by Crippen LogP contribution is -2.46. The summed E-state index contributed by atoms with van der Waals surface area (Å²) in [6, 6.07) is 5.32. The van der Waals surface area contributed by atoms with Crippen LogP contribution in [0.5, 0.6) is 5.75 Å². The van der Waals surface area contributed by atoms with Gasteiger partial charge in [-0.1, -0.05) is 6.07 Å². The Morgan fingerprint density at radius 3 is 2.88 bits per heavy atom. The van der Waals surface area contributed by atoms with Crippen molar-refractivity contribution in [1.29, 1.82) is 0 Å². The number of hydrogen-bond acceptors (Lipinski definition) is 3. The average Bonchev–Trinajstić information content (AvgIpc) is 2.24. The number of carboxylic acids is 1. The van der Waals surface area contributed by atoms with Crippen LogP contribution < -0.4 is 9.64 Å². The highest BCUT2D eigenvalue weighted by atomic mass is 16.5. The number of anilines is 1. The molecule has 5 nitrogen and oxygen atoms in total. The summed E-state index contributed by atoms with van der Waals surface area (Å²) in [5, 5.41) is 8.82. The fourth-order valence-corrected chi connectivity index (χ4v) is 1.82. The number of carbonyl (C=O) groups excluding carboxylic acids is 1. The molecule has 0 radical (unpaired) electrons. The zero-order valence-electron chi connectivity index (χ0n) is 9.64. The third-order valence-electron chi connectivity index (χ3n) is 2.62. The molecule has 90 valence electrons. The van der Waals surface area contributed by atoms with Crippen LogP contribution in [0, 0.1) is 6.92 Å². The van der Waals surface area contributed by atoms with Crippen molar-refractivity contribution in [2.45, 2.75) is 20.0 Å². The first-order valence-electron chi connectivity index (χ1n) is 5.29. The van der Waals surface area contributed by atoms with Gasteiger partial charge in [-0.3, -0.25) is 14.5 Å². The van der Waals surface area contributed by atoms with Crippen LogP contribution in [-0.2, 0) is 9.59 Å². The van der Waals surface area contributed by atoms with E-state index in [1.165, 1.54) is 4.90 Å². The predicted octanol–water partition coefficient (Wildman–Crippen LogP) is 1.19. The minimum atomic E-state index is -1.04. The van der Waals surface area contributed by atoms with Crippen LogP contribution in [0.4, 0.5) is 5.69 Å². The van der Waals surface area contributed by atoms with Gasteiger partial charge >= 0.3 is 5.97 Å². The molecule has 1 amide bonds. The molecule has 0 fully saturated rings. The number of carboxylic acid groups (broad SMARTS) is 1. The standard InChI is InChI=1S/C12H13NO4/c1-7-3-4-9-10(5-7)17-8(2)12(16)13(9)6-11(14)15/h3-5,8H,6H2,1-2H3,(H,14,15). The Labute approximate surface area is 98.6 Å². The number of rotatable bonds is 2. The van der Waals surface area contributed by atoms with E-state index in [4.69, 9.17) is 9.84 Å². The van der Waals surface area contributed by atoms with Crippen molar-refractivity contribution >= 4 is 17.6 Å². The second-order valence-electron chi connectivity index (χ2n) is 4.05. The number of carbonyl (C=O) groups is 2. The topological polar surface area (TPSA) is 66.8 Å². The van der Waals surface area contributed by atoms with Crippen molar-refractivity contribution in [2.24, 2.45) is 0 Å². The predicted molar refractivity (Wildman–Crippen MR) is 61.3 cm³/mol. The SMILES string of the molecule is Cc1ccc2c(c1)OC(C)C(=O)N2CC(=O)O. The molecule has 1 aliphatic heterocycles. The molecule has 0 saturated heterocycles. The van der Waals surface area contributed by atoms with Crippen LogP contribution in [0.25, 0.3) is 0 Å². The average molecular weight is 235 g/mol. The van der Waals surface area contributed by atoms with E-state index in [0.717, 1.165) is 5.56 Å². The fraction of sp³-hybridized carbons (Fsp3) is 0.333. The summed E-state index contributed by atoms with van der Waals surface area (Å²) in [6.45, 7) is 3.18. The lowest BCUT2D eigenvalue weighted by Gasteiger charge is -2.32. The summed E-state index contributed by atoms with van der Waals surface area (Å²) in [4.78, 5) is 23.8. The quantitative estimate of drug-likeness (QED) is 0.836. The maximum atomic E-state index is 11.8. The van der Waals surface area contributed by atoms with E-state index in [9.17, 15) is 9.59 Å². The molecule has 1 atom stereocenters. The van der Waals surface area contributed by atoms with Gasteiger partial charge in [-0.15, -0.1) is 0 Å². The number of benzene rings is 1. The number of amides is 1. The largest absolute Gasteiger partial charge is 0.480 e. The number of fused-ring (bicyclic) bond motifs is 1. The van der Waals surface area contributed by atoms with Gasteiger partial charge in [0.05, 0.1) is 5.69 Å². The van der Waals surface area contributed by atoms with Crippen LogP contribution in [0.15, 0.2) is 18.2 Å². The summed E-state index contributed by atoms with van der Waals surface area (Å²) < 4.78 is 5.45. The molecular weight excluding hydrogens is 222 g/mol. The molecule has 5 heteroatoms. The molecule has 0 bridgehead atoms. The van der Waals surface area contributed by atoms with Gasteiger partial charge in [0.15, 0.2) is 6.10 Å². The Bertz CT molecular complexity index is 483. The van der Waals surface area contributed by atoms with Crippen LogP contribution in [0.3, 0.4) is 0 Å². The van der Waals surface area contributed by atoms with Gasteiger partial charge in [-0.25, -0.2) is 0 Å². The summed E-state index contributed by atoms with van der Waals surface area (Å²) in [6.07, 6.45) is -0.649. The van der Waals surface area contributed by atoms with Crippen molar-refractivity contribution in [3.8, 4) is 5.75 Å². The number of aryl methyl sites for hydroxylation is 1. The molecule has 0 spiro atoms. The molecule has 0 aliphatic carbocycles. The Morgan fingerprint density at radius 2 is 2.24 bits per heavy atom. The van der Waals surface area contributed by atoms with Gasteiger partial charge in [0, 0.05) is 0 Å². The smallest absolute Gasteiger partial charge is 0.323 e. The summed E-state index contributed by atoms with van der Waals surface area (Å²) in [5.41, 5.74) is 1.52. The molecule has 1 aliphatic rings. The molecule has 17 heavy (non-hydrogen) atoms. The highest BCUT2D eigenvalue weighted by Gasteiger charge is 2.32. The van der Waals surface area contributed by atoms with Crippen LogP contribution in [0.1, 0.15) is 12.5 Å². The number of aliphatic carboxylic acids is 1. The minimum Gasteiger partial charge on any atom is -0.480 e. The van der Waals surface area contributed by atoms with Crippen molar-refractivity contribution in [1.82, 2.24) is 0 Å². The molecule has 1 aromatic rings. The van der Waals surface area contributed by atoms with Crippen LogP contribution >= 0.6 is 0 Å². The number of nitrogens with zero attached hydrogens (tertiary/aromatic N) is 1. The maximum Gasteiger partial charge on any atom is 0.323 e. The van der Waals surface area contributed by atoms with Gasteiger partial charge in [-0.2, -0.15) is 0 Å². The fourth-order valence-electron chi connectivity index (χ4n) is 1.82. The van der Waals surface area contributed by atoms with Crippen LogP contribution in [-0.4, -0.2) is 29.6 Å². The Kier molecular flexibility index (Phi) is 2.75. The second kappa shape index (κ2) is 4.08. The molecule has 0 saturated carbocycles.